The Labute approximate surface area is 143 Å². The second-order valence-electron chi connectivity index (χ2n) is 5.45. The number of hydrogen-bond donors (Lipinski definition) is 2. The number of rotatable bonds is 8. The minimum Gasteiger partial charge on any atom is -0.490 e. The van der Waals surface area contributed by atoms with E-state index in [0.717, 1.165) is 23.4 Å². The largest absolute Gasteiger partial charge is 0.490 e. The molecule has 2 rings (SSSR count). The average molecular weight is 328 g/mol. The smallest absolute Gasteiger partial charge is 0.262 e. The van der Waals surface area contributed by atoms with Gasteiger partial charge in [0, 0.05) is 12.2 Å². The lowest BCUT2D eigenvalue weighted by Crippen LogP contribution is -2.20. The van der Waals surface area contributed by atoms with Crippen molar-refractivity contribution in [2.75, 3.05) is 25.6 Å². The van der Waals surface area contributed by atoms with Gasteiger partial charge in [0.1, 0.15) is 0 Å². The Balaban J connectivity index is 1.97. The summed E-state index contributed by atoms with van der Waals surface area (Å²) in [5.74, 6) is 1.00. The molecular formula is C19H24N2O3. The average Bonchev–Trinajstić information content (AvgIpc) is 2.57. The molecule has 24 heavy (non-hydrogen) atoms. The number of nitrogens with one attached hydrogen (secondary N) is 2. The minimum atomic E-state index is -0.208. The number of hydrogen-bond acceptors (Lipinski definition) is 4. The summed E-state index contributed by atoms with van der Waals surface area (Å²) in [5.41, 5.74) is 2.99. The van der Waals surface area contributed by atoms with E-state index in [2.05, 4.69) is 10.6 Å². The Kier molecular flexibility index (Phi) is 6.63. The number of anilines is 1. The van der Waals surface area contributed by atoms with E-state index in [4.69, 9.17) is 9.47 Å². The molecule has 0 spiro atoms. The number of ether oxygens (including phenoxy) is 2. The highest BCUT2D eigenvalue weighted by molar-refractivity contribution is 5.91. The summed E-state index contributed by atoms with van der Waals surface area (Å²) in [4.78, 5) is 12.0. The summed E-state index contributed by atoms with van der Waals surface area (Å²) >= 11 is 0. The summed E-state index contributed by atoms with van der Waals surface area (Å²) in [7, 11) is 1.89. The van der Waals surface area contributed by atoms with Crippen LogP contribution >= 0.6 is 0 Å². The summed E-state index contributed by atoms with van der Waals surface area (Å²) < 4.78 is 11.2. The van der Waals surface area contributed by atoms with Crippen molar-refractivity contribution in [3.63, 3.8) is 0 Å². The molecule has 0 aliphatic carbocycles. The Morgan fingerprint density at radius 1 is 1.04 bits per heavy atom. The van der Waals surface area contributed by atoms with E-state index in [0.29, 0.717) is 18.1 Å². The fourth-order valence-electron chi connectivity index (χ4n) is 2.23. The standard InChI is InChI=1S/C19H24N2O3/c1-4-23-18-11-15(12-20-3)7-10-17(18)24-13-19(22)21-16-8-5-14(2)6-9-16/h5-11,20H,4,12-13H2,1-3H3,(H,21,22). The predicted molar refractivity (Wildman–Crippen MR) is 95.7 cm³/mol. The van der Waals surface area contributed by atoms with Gasteiger partial charge in [0.2, 0.25) is 0 Å². The molecule has 0 aliphatic rings. The number of benzene rings is 2. The SMILES string of the molecule is CCOc1cc(CNC)ccc1OCC(=O)Nc1ccc(C)cc1. The van der Waals surface area contributed by atoms with Gasteiger partial charge in [-0.3, -0.25) is 4.79 Å². The zero-order chi connectivity index (χ0) is 17.4. The highest BCUT2D eigenvalue weighted by Crippen LogP contribution is 2.28. The van der Waals surface area contributed by atoms with Crippen molar-refractivity contribution in [1.82, 2.24) is 5.32 Å². The third kappa shape index (κ3) is 5.28. The topological polar surface area (TPSA) is 59.6 Å². The maximum atomic E-state index is 12.0. The molecule has 0 fully saturated rings. The van der Waals surface area contributed by atoms with Crippen LogP contribution in [0.2, 0.25) is 0 Å². The first-order valence-corrected chi connectivity index (χ1v) is 8.02. The lowest BCUT2D eigenvalue weighted by molar-refractivity contribution is -0.118. The maximum Gasteiger partial charge on any atom is 0.262 e. The second kappa shape index (κ2) is 8.93. The van der Waals surface area contributed by atoms with Gasteiger partial charge in [0.25, 0.3) is 5.91 Å². The molecule has 128 valence electrons. The molecule has 0 saturated carbocycles. The van der Waals surface area contributed by atoms with E-state index in [9.17, 15) is 4.79 Å². The van der Waals surface area contributed by atoms with E-state index in [1.807, 2.05) is 63.4 Å². The van der Waals surface area contributed by atoms with Gasteiger partial charge >= 0.3 is 0 Å². The molecule has 5 heteroatoms. The van der Waals surface area contributed by atoms with Crippen molar-refractivity contribution in [3.8, 4) is 11.5 Å². The first kappa shape index (κ1) is 17.8. The molecule has 0 aliphatic heterocycles. The Morgan fingerprint density at radius 3 is 2.46 bits per heavy atom. The Morgan fingerprint density at radius 2 is 1.79 bits per heavy atom. The lowest BCUT2D eigenvalue weighted by atomic mass is 10.2. The Bertz CT molecular complexity index is 669. The first-order chi connectivity index (χ1) is 11.6. The molecule has 2 aromatic rings. The van der Waals surface area contributed by atoms with Crippen LogP contribution in [0, 0.1) is 6.92 Å². The third-order valence-electron chi connectivity index (χ3n) is 3.38. The van der Waals surface area contributed by atoms with Crippen molar-refractivity contribution < 1.29 is 14.3 Å². The van der Waals surface area contributed by atoms with Gasteiger partial charge in [-0.05, 0) is 50.7 Å². The first-order valence-electron chi connectivity index (χ1n) is 8.02. The van der Waals surface area contributed by atoms with Crippen LogP contribution in [-0.4, -0.2) is 26.2 Å². The molecule has 0 bridgehead atoms. The van der Waals surface area contributed by atoms with Crippen LogP contribution < -0.4 is 20.1 Å². The minimum absolute atomic E-state index is 0.0701. The van der Waals surface area contributed by atoms with Gasteiger partial charge in [-0.25, -0.2) is 0 Å². The van der Waals surface area contributed by atoms with E-state index < -0.39 is 0 Å². The van der Waals surface area contributed by atoms with Crippen LogP contribution in [0.25, 0.3) is 0 Å². The van der Waals surface area contributed by atoms with E-state index in [-0.39, 0.29) is 12.5 Å². The fourth-order valence-corrected chi connectivity index (χ4v) is 2.23. The van der Waals surface area contributed by atoms with Gasteiger partial charge in [-0.15, -0.1) is 0 Å². The number of carbonyl (C=O) groups excluding carboxylic acids is 1. The molecule has 0 saturated heterocycles. The lowest BCUT2D eigenvalue weighted by Gasteiger charge is -2.13. The van der Waals surface area contributed by atoms with Crippen LogP contribution in [0.3, 0.4) is 0 Å². The van der Waals surface area contributed by atoms with Crippen molar-refractivity contribution in [1.29, 1.82) is 0 Å². The highest BCUT2D eigenvalue weighted by atomic mass is 16.5. The third-order valence-corrected chi connectivity index (χ3v) is 3.38. The quantitative estimate of drug-likeness (QED) is 0.781. The van der Waals surface area contributed by atoms with Crippen molar-refractivity contribution >= 4 is 11.6 Å². The van der Waals surface area contributed by atoms with Crippen LogP contribution in [0.15, 0.2) is 42.5 Å². The van der Waals surface area contributed by atoms with Crippen molar-refractivity contribution in [2.45, 2.75) is 20.4 Å². The normalized spacial score (nSPS) is 10.3. The molecule has 0 aromatic heterocycles. The van der Waals surface area contributed by atoms with Gasteiger partial charge in [0.05, 0.1) is 6.61 Å². The van der Waals surface area contributed by atoms with Gasteiger partial charge in [0.15, 0.2) is 18.1 Å². The summed E-state index contributed by atoms with van der Waals surface area (Å²) in [6.45, 7) is 5.13. The summed E-state index contributed by atoms with van der Waals surface area (Å²) in [5, 5.41) is 5.90. The molecule has 5 nitrogen and oxygen atoms in total. The van der Waals surface area contributed by atoms with Gasteiger partial charge < -0.3 is 20.1 Å². The molecule has 0 heterocycles. The number of carbonyl (C=O) groups is 1. The second-order valence-corrected chi connectivity index (χ2v) is 5.45. The molecule has 0 unspecified atom stereocenters. The van der Waals surface area contributed by atoms with Gasteiger partial charge in [-0.1, -0.05) is 23.8 Å². The molecule has 1 amide bonds. The summed E-state index contributed by atoms with van der Waals surface area (Å²) in [6, 6.07) is 13.3. The van der Waals surface area contributed by atoms with Crippen LogP contribution in [-0.2, 0) is 11.3 Å². The van der Waals surface area contributed by atoms with E-state index in [1.54, 1.807) is 0 Å². The van der Waals surface area contributed by atoms with Crippen LogP contribution in [0.4, 0.5) is 5.69 Å². The van der Waals surface area contributed by atoms with Crippen LogP contribution in [0.5, 0.6) is 11.5 Å². The zero-order valence-corrected chi connectivity index (χ0v) is 14.4. The summed E-state index contributed by atoms with van der Waals surface area (Å²) in [6.07, 6.45) is 0. The fraction of sp³-hybridized carbons (Fsp3) is 0.316. The Hall–Kier alpha value is -2.53. The van der Waals surface area contributed by atoms with Crippen LogP contribution in [0.1, 0.15) is 18.1 Å². The molecule has 0 atom stereocenters. The molecule has 2 aromatic carbocycles. The maximum absolute atomic E-state index is 12.0. The van der Waals surface area contributed by atoms with E-state index in [1.165, 1.54) is 0 Å². The van der Waals surface area contributed by atoms with Gasteiger partial charge in [-0.2, -0.15) is 0 Å². The zero-order valence-electron chi connectivity index (χ0n) is 14.4. The van der Waals surface area contributed by atoms with E-state index >= 15 is 0 Å². The monoisotopic (exact) mass is 328 g/mol. The molecule has 0 radical (unpaired) electrons. The molecule has 2 N–H and O–H groups in total. The van der Waals surface area contributed by atoms with Crippen molar-refractivity contribution in [3.05, 3.63) is 53.6 Å². The number of aryl methyl sites for hydroxylation is 1. The van der Waals surface area contributed by atoms with Crippen molar-refractivity contribution in [2.24, 2.45) is 0 Å². The highest BCUT2D eigenvalue weighted by Gasteiger charge is 2.09. The number of amides is 1. The predicted octanol–water partition coefficient (Wildman–Crippen LogP) is 3.13. The molecular weight excluding hydrogens is 304 g/mol.